The Morgan fingerprint density at radius 1 is 0.415 bits per heavy atom. The van der Waals surface area contributed by atoms with E-state index < -0.39 is 0 Å². The number of rotatable bonds is 2. The van der Waals surface area contributed by atoms with Crippen LogP contribution in [0, 0.1) is 0 Å². The van der Waals surface area contributed by atoms with E-state index >= 15 is 0 Å². The number of hydrogen-bond acceptors (Lipinski definition) is 2. The van der Waals surface area contributed by atoms with Crippen LogP contribution in [0.2, 0.25) is 0 Å². The summed E-state index contributed by atoms with van der Waals surface area (Å²) < 4.78 is 6.48. The van der Waals surface area contributed by atoms with E-state index in [4.69, 9.17) is 9.40 Å². The molecule has 0 bridgehead atoms. The SMILES string of the molecule is c1ccc(-c2nc3ccc4ccc5ccc(-c6cc7ccc8ccccc8c7c7ccccc67)cc5c4c3o2)cc1. The Kier molecular flexibility index (Phi) is 4.64. The van der Waals surface area contributed by atoms with E-state index in [0.717, 1.165) is 27.4 Å². The fourth-order valence-corrected chi connectivity index (χ4v) is 6.51. The molecule has 0 aliphatic heterocycles. The van der Waals surface area contributed by atoms with Crippen LogP contribution in [0.25, 0.3) is 87.5 Å². The minimum atomic E-state index is 0.647. The first-order chi connectivity index (χ1) is 20.3. The maximum absolute atomic E-state index is 6.48. The number of oxazole rings is 1. The van der Waals surface area contributed by atoms with Crippen LogP contribution in [0.15, 0.2) is 144 Å². The highest BCUT2D eigenvalue weighted by Crippen LogP contribution is 2.41. The Balaban J connectivity index is 1.34. The van der Waals surface area contributed by atoms with E-state index in [9.17, 15) is 0 Å². The van der Waals surface area contributed by atoms with Crippen molar-refractivity contribution in [1.82, 2.24) is 4.98 Å². The first kappa shape index (κ1) is 22.4. The van der Waals surface area contributed by atoms with Gasteiger partial charge in [0.15, 0.2) is 5.58 Å². The normalized spacial score (nSPS) is 11.9. The minimum Gasteiger partial charge on any atom is -0.435 e. The van der Waals surface area contributed by atoms with Crippen molar-refractivity contribution in [2.45, 2.75) is 0 Å². The fourth-order valence-electron chi connectivity index (χ4n) is 6.51. The average molecular weight is 522 g/mol. The highest BCUT2D eigenvalue weighted by atomic mass is 16.3. The summed E-state index contributed by atoms with van der Waals surface area (Å²) in [5.41, 5.74) is 5.11. The molecule has 0 unspecified atom stereocenters. The van der Waals surface area contributed by atoms with Crippen LogP contribution in [-0.2, 0) is 0 Å². The van der Waals surface area contributed by atoms with Crippen LogP contribution in [0.5, 0.6) is 0 Å². The average Bonchev–Trinajstić information content (AvgIpc) is 3.49. The van der Waals surface area contributed by atoms with Gasteiger partial charge in [-0.05, 0) is 89.9 Å². The first-order valence-electron chi connectivity index (χ1n) is 14.0. The third-order valence-corrected chi connectivity index (χ3v) is 8.43. The van der Waals surface area contributed by atoms with Crippen molar-refractivity contribution in [3.05, 3.63) is 140 Å². The predicted molar refractivity (Wildman–Crippen MR) is 172 cm³/mol. The summed E-state index contributed by atoms with van der Waals surface area (Å²) in [4.78, 5) is 4.85. The van der Waals surface area contributed by atoms with Gasteiger partial charge in [0, 0.05) is 10.9 Å². The van der Waals surface area contributed by atoms with Gasteiger partial charge in [0.05, 0.1) is 0 Å². The molecule has 190 valence electrons. The zero-order valence-electron chi connectivity index (χ0n) is 22.1. The molecule has 0 N–H and O–H groups in total. The second-order valence-electron chi connectivity index (χ2n) is 10.8. The Bertz CT molecular complexity index is 2470. The van der Waals surface area contributed by atoms with Crippen molar-refractivity contribution in [1.29, 1.82) is 0 Å². The minimum absolute atomic E-state index is 0.647. The molecule has 1 heterocycles. The highest BCUT2D eigenvalue weighted by Gasteiger charge is 2.16. The van der Waals surface area contributed by atoms with Gasteiger partial charge in [-0.15, -0.1) is 0 Å². The first-order valence-corrected chi connectivity index (χ1v) is 14.0. The summed E-state index contributed by atoms with van der Waals surface area (Å²) in [6, 6.07) is 49.8. The molecular formula is C39H23NO. The number of nitrogens with zero attached hydrogens (tertiary/aromatic N) is 1. The van der Waals surface area contributed by atoms with Crippen LogP contribution in [0.1, 0.15) is 0 Å². The van der Waals surface area contributed by atoms with Crippen LogP contribution >= 0.6 is 0 Å². The lowest BCUT2D eigenvalue weighted by Crippen LogP contribution is -1.87. The van der Waals surface area contributed by atoms with E-state index in [1.165, 1.54) is 54.2 Å². The van der Waals surface area contributed by atoms with Gasteiger partial charge in [0.2, 0.25) is 5.89 Å². The summed E-state index contributed by atoms with van der Waals surface area (Å²) in [5, 5.41) is 12.3. The van der Waals surface area contributed by atoms with Crippen molar-refractivity contribution < 1.29 is 4.42 Å². The van der Waals surface area contributed by atoms with Gasteiger partial charge >= 0.3 is 0 Å². The van der Waals surface area contributed by atoms with Gasteiger partial charge in [0.1, 0.15) is 5.52 Å². The largest absolute Gasteiger partial charge is 0.435 e. The molecule has 0 atom stereocenters. The number of benzene rings is 8. The molecular weight excluding hydrogens is 498 g/mol. The summed E-state index contributed by atoms with van der Waals surface area (Å²) in [5.74, 6) is 0.647. The Hall–Kier alpha value is -5.47. The molecule has 0 fully saturated rings. The maximum atomic E-state index is 6.48. The molecule has 2 nitrogen and oxygen atoms in total. The number of hydrogen-bond donors (Lipinski definition) is 0. The lowest BCUT2D eigenvalue weighted by Gasteiger charge is -2.14. The van der Waals surface area contributed by atoms with Gasteiger partial charge in [0.25, 0.3) is 0 Å². The highest BCUT2D eigenvalue weighted by molar-refractivity contribution is 6.24. The van der Waals surface area contributed by atoms with Crippen molar-refractivity contribution >= 4 is 65.0 Å². The van der Waals surface area contributed by atoms with E-state index in [1.807, 2.05) is 30.3 Å². The quantitative estimate of drug-likeness (QED) is 0.211. The number of fused-ring (bicyclic) bond motifs is 10. The van der Waals surface area contributed by atoms with Gasteiger partial charge < -0.3 is 4.42 Å². The fraction of sp³-hybridized carbons (Fsp3) is 0. The van der Waals surface area contributed by atoms with Gasteiger partial charge in [-0.1, -0.05) is 109 Å². The van der Waals surface area contributed by atoms with Crippen LogP contribution < -0.4 is 0 Å². The molecule has 0 saturated heterocycles. The molecule has 0 aliphatic rings. The molecule has 0 spiro atoms. The molecule has 2 heteroatoms. The summed E-state index contributed by atoms with van der Waals surface area (Å²) in [7, 11) is 0. The summed E-state index contributed by atoms with van der Waals surface area (Å²) in [6.07, 6.45) is 0. The molecule has 0 aliphatic carbocycles. The summed E-state index contributed by atoms with van der Waals surface area (Å²) >= 11 is 0. The molecule has 8 aromatic carbocycles. The van der Waals surface area contributed by atoms with Crippen molar-refractivity contribution in [2.75, 3.05) is 0 Å². The zero-order chi connectivity index (χ0) is 26.9. The van der Waals surface area contributed by atoms with E-state index in [-0.39, 0.29) is 0 Å². The Morgan fingerprint density at radius 3 is 1.95 bits per heavy atom. The third kappa shape index (κ3) is 3.34. The smallest absolute Gasteiger partial charge is 0.227 e. The second-order valence-corrected chi connectivity index (χ2v) is 10.8. The Labute approximate surface area is 236 Å². The van der Waals surface area contributed by atoms with Gasteiger partial charge in [-0.25, -0.2) is 4.98 Å². The topological polar surface area (TPSA) is 26.0 Å². The zero-order valence-corrected chi connectivity index (χ0v) is 22.1. The van der Waals surface area contributed by atoms with Crippen molar-refractivity contribution in [3.8, 4) is 22.6 Å². The molecule has 41 heavy (non-hydrogen) atoms. The lowest BCUT2D eigenvalue weighted by atomic mass is 9.89. The monoisotopic (exact) mass is 521 g/mol. The van der Waals surface area contributed by atoms with E-state index in [1.54, 1.807) is 0 Å². The van der Waals surface area contributed by atoms with Crippen LogP contribution in [0.4, 0.5) is 0 Å². The molecule has 9 aromatic rings. The molecule has 0 saturated carbocycles. The maximum Gasteiger partial charge on any atom is 0.227 e. The Morgan fingerprint density at radius 2 is 1.07 bits per heavy atom. The van der Waals surface area contributed by atoms with Gasteiger partial charge in [-0.3, -0.25) is 0 Å². The standard InChI is InChI=1S/C39H23NO/c1-2-9-27(10-3-1)39-40-35-21-20-26-17-14-25-15-18-28(22-34(25)37(26)38(35)41-39)33-23-29-19-16-24-8-4-5-11-30(24)36(29)32-13-7-6-12-31(32)33/h1-23H. The third-order valence-electron chi connectivity index (χ3n) is 8.43. The van der Waals surface area contributed by atoms with E-state index in [2.05, 4.69) is 109 Å². The van der Waals surface area contributed by atoms with Crippen LogP contribution in [0.3, 0.4) is 0 Å². The molecule has 1 aromatic heterocycles. The number of aromatic nitrogens is 1. The molecule has 0 radical (unpaired) electrons. The van der Waals surface area contributed by atoms with Crippen LogP contribution in [-0.4, -0.2) is 4.98 Å². The van der Waals surface area contributed by atoms with Crippen molar-refractivity contribution in [3.63, 3.8) is 0 Å². The molecule has 0 amide bonds. The molecule has 9 rings (SSSR count). The van der Waals surface area contributed by atoms with Crippen molar-refractivity contribution in [2.24, 2.45) is 0 Å². The predicted octanol–water partition coefficient (Wildman–Crippen LogP) is 10.9. The van der Waals surface area contributed by atoms with Gasteiger partial charge in [-0.2, -0.15) is 0 Å². The second kappa shape index (κ2) is 8.51. The lowest BCUT2D eigenvalue weighted by molar-refractivity contribution is 0.623. The summed E-state index contributed by atoms with van der Waals surface area (Å²) in [6.45, 7) is 0. The van der Waals surface area contributed by atoms with E-state index in [0.29, 0.717) is 5.89 Å².